The maximum absolute atomic E-state index is 11.9. The summed E-state index contributed by atoms with van der Waals surface area (Å²) in [4.78, 5) is 16.3. The Morgan fingerprint density at radius 2 is 1.60 bits per heavy atom. The van der Waals surface area contributed by atoms with Crippen molar-refractivity contribution in [3.8, 4) is 18.1 Å². The fourth-order valence-corrected chi connectivity index (χ4v) is 3.47. The van der Waals surface area contributed by atoms with E-state index in [4.69, 9.17) is 11.2 Å². The summed E-state index contributed by atoms with van der Waals surface area (Å²) in [6, 6.07) is 25.2. The molecule has 4 rings (SSSR count). The van der Waals surface area contributed by atoms with Crippen LogP contribution in [0.25, 0.3) is 10.9 Å². The predicted octanol–water partition coefficient (Wildman–Crippen LogP) is 5.08. The van der Waals surface area contributed by atoms with Gasteiger partial charge in [-0.15, -0.1) is 6.42 Å². The summed E-state index contributed by atoms with van der Waals surface area (Å²) in [7, 11) is 0. The number of aromatic nitrogens is 1. The lowest BCUT2D eigenvalue weighted by molar-refractivity contribution is 0.0690. The number of para-hydroxylation sites is 1. The van der Waals surface area contributed by atoms with Crippen LogP contribution in [0.15, 0.2) is 78.9 Å². The lowest BCUT2D eigenvalue weighted by Crippen LogP contribution is -2.09. The standard InChI is InChI=1S/C26H19NO3/c1-2-20-22(16-18-10-5-3-6-11-18)21-14-9-15-23(24(21)27-25(20)26(28)29)30-17-19-12-7-4-8-13-19/h1,3-15H,16-17H2,(H,28,29). The largest absolute Gasteiger partial charge is 0.487 e. The number of carbonyl (C=O) groups is 1. The first-order chi connectivity index (χ1) is 14.7. The normalized spacial score (nSPS) is 10.5. The van der Waals surface area contributed by atoms with Gasteiger partial charge in [-0.2, -0.15) is 0 Å². The van der Waals surface area contributed by atoms with Gasteiger partial charge in [0.2, 0.25) is 0 Å². The number of terminal acetylenes is 1. The van der Waals surface area contributed by atoms with Gasteiger partial charge >= 0.3 is 5.97 Å². The Morgan fingerprint density at radius 3 is 2.23 bits per heavy atom. The van der Waals surface area contributed by atoms with Crippen molar-refractivity contribution in [2.75, 3.05) is 0 Å². The van der Waals surface area contributed by atoms with Crippen LogP contribution in [0.2, 0.25) is 0 Å². The quantitative estimate of drug-likeness (QED) is 0.464. The van der Waals surface area contributed by atoms with Crippen LogP contribution in [0.4, 0.5) is 0 Å². The minimum atomic E-state index is -1.16. The molecule has 146 valence electrons. The minimum Gasteiger partial charge on any atom is -0.487 e. The number of fused-ring (bicyclic) bond motifs is 1. The Balaban J connectivity index is 1.86. The molecular formula is C26H19NO3. The molecule has 4 heteroatoms. The number of hydrogen-bond donors (Lipinski definition) is 1. The van der Waals surface area contributed by atoms with E-state index in [2.05, 4.69) is 10.9 Å². The topological polar surface area (TPSA) is 59.4 Å². The highest BCUT2D eigenvalue weighted by Gasteiger charge is 2.20. The van der Waals surface area contributed by atoms with E-state index in [1.807, 2.05) is 72.8 Å². The third kappa shape index (κ3) is 3.87. The van der Waals surface area contributed by atoms with E-state index in [9.17, 15) is 9.90 Å². The molecule has 0 amide bonds. The third-order valence-corrected chi connectivity index (χ3v) is 4.89. The molecule has 0 aliphatic rings. The van der Waals surface area contributed by atoms with Crippen LogP contribution in [-0.2, 0) is 13.0 Å². The van der Waals surface area contributed by atoms with Crippen molar-refractivity contribution < 1.29 is 14.6 Å². The van der Waals surface area contributed by atoms with E-state index in [0.29, 0.717) is 29.9 Å². The first-order valence-corrected chi connectivity index (χ1v) is 9.53. The zero-order chi connectivity index (χ0) is 20.9. The van der Waals surface area contributed by atoms with Gasteiger partial charge in [0.05, 0.1) is 5.56 Å². The van der Waals surface area contributed by atoms with Crippen molar-refractivity contribution >= 4 is 16.9 Å². The Morgan fingerprint density at radius 1 is 0.933 bits per heavy atom. The number of nitrogens with zero attached hydrogens (tertiary/aromatic N) is 1. The van der Waals surface area contributed by atoms with E-state index in [0.717, 1.165) is 22.1 Å². The lowest BCUT2D eigenvalue weighted by atomic mass is 9.94. The number of rotatable bonds is 6. The molecule has 1 heterocycles. The molecule has 0 saturated heterocycles. The van der Waals surface area contributed by atoms with Crippen molar-refractivity contribution in [2.45, 2.75) is 13.0 Å². The van der Waals surface area contributed by atoms with Crippen LogP contribution in [0.3, 0.4) is 0 Å². The van der Waals surface area contributed by atoms with E-state index < -0.39 is 5.97 Å². The predicted molar refractivity (Wildman–Crippen MR) is 117 cm³/mol. The highest BCUT2D eigenvalue weighted by molar-refractivity contribution is 5.97. The van der Waals surface area contributed by atoms with Crippen molar-refractivity contribution in [1.29, 1.82) is 0 Å². The van der Waals surface area contributed by atoms with Gasteiger partial charge in [0, 0.05) is 5.39 Å². The van der Waals surface area contributed by atoms with Gasteiger partial charge in [-0.25, -0.2) is 9.78 Å². The van der Waals surface area contributed by atoms with Gasteiger partial charge in [0.15, 0.2) is 5.69 Å². The molecule has 0 saturated carbocycles. The van der Waals surface area contributed by atoms with Gasteiger partial charge in [0.25, 0.3) is 0 Å². The third-order valence-electron chi connectivity index (χ3n) is 4.89. The molecule has 0 aliphatic carbocycles. The second-order valence-electron chi connectivity index (χ2n) is 6.85. The van der Waals surface area contributed by atoms with Crippen LogP contribution in [-0.4, -0.2) is 16.1 Å². The van der Waals surface area contributed by atoms with E-state index in [-0.39, 0.29) is 5.69 Å². The maximum Gasteiger partial charge on any atom is 0.355 e. The molecule has 0 unspecified atom stereocenters. The van der Waals surface area contributed by atoms with Crippen molar-refractivity contribution in [3.63, 3.8) is 0 Å². The number of aromatic carboxylic acids is 1. The molecule has 0 radical (unpaired) electrons. The van der Waals surface area contributed by atoms with E-state index in [1.54, 1.807) is 6.07 Å². The number of ether oxygens (including phenoxy) is 1. The average molecular weight is 393 g/mol. The Bertz CT molecular complexity index is 1240. The fraction of sp³-hybridized carbons (Fsp3) is 0.0769. The summed E-state index contributed by atoms with van der Waals surface area (Å²) in [5, 5.41) is 10.5. The van der Waals surface area contributed by atoms with Crippen molar-refractivity contribution in [1.82, 2.24) is 4.98 Å². The summed E-state index contributed by atoms with van der Waals surface area (Å²) >= 11 is 0. The average Bonchev–Trinajstić information content (AvgIpc) is 2.78. The summed E-state index contributed by atoms with van der Waals surface area (Å²) < 4.78 is 6.01. The van der Waals surface area contributed by atoms with Crippen molar-refractivity contribution in [2.24, 2.45) is 0 Å². The van der Waals surface area contributed by atoms with Crippen LogP contribution in [0, 0.1) is 12.3 Å². The number of pyridine rings is 1. The zero-order valence-corrected chi connectivity index (χ0v) is 16.2. The van der Waals surface area contributed by atoms with Crippen LogP contribution >= 0.6 is 0 Å². The van der Waals surface area contributed by atoms with E-state index in [1.165, 1.54) is 0 Å². The Labute approximate surface area is 174 Å². The first-order valence-electron chi connectivity index (χ1n) is 9.53. The van der Waals surface area contributed by atoms with Gasteiger partial charge in [0.1, 0.15) is 17.9 Å². The van der Waals surface area contributed by atoms with Gasteiger partial charge in [-0.05, 0) is 29.2 Å². The number of hydrogen-bond acceptors (Lipinski definition) is 3. The molecule has 0 spiro atoms. The molecule has 1 aromatic heterocycles. The van der Waals surface area contributed by atoms with Crippen LogP contribution in [0.5, 0.6) is 5.75 Å². The second-order valence-corrected chi connectivity index (χ2v) is 6.85. The molecule has 30 heavy (non-hydrogen) atoms. The summed E-state index contributed by atoms with van der Waals surface area (Å²) in [5.74, 6) is 1.92. The summed E-state index contributed by atoms with van der Waals surface area (Å²) in [6.07, 6.45) is 6.22. The SMILES string of the molecule is C#Cc1c(C(=O)O)nc2c(OCc3ccccc3)cccc2c1Cc1ccccc1. The smallest absolute Gasteiger partial charge is 0.355 e. The number of carboxylic acid groups (broad SMARTS) is 1. The highest BCUT2D eigenvalue weighted by Crippen LogP contribution is 2.32. The molecule has 0 fully saturated rings. The molecule has 0 bridgehead atoms. The maximum atomic E-state index is 11.9. The van der Waals surface area contributed by atoms with Gasteiger partial charge < -0.3 is 9.84 Å². The minimum absolute atomic E-state index is 0.133. The molecule has 0 atom stereocenters. The fourth-order valence-electron chi connectivity index (χ4n) is 3.47. The first kappa shape index (κ1) is 19.2. The molecule has 1 N–H and O–H groups in total. The molecule has 4 nitrogen and oxygen atoms in total. The van der Waals surface area contributed by atoms with Crippen LogP contribution in [0.1, 0.15) is 32.7 Å². The highest BCUT2D eigenvalue weighted by atomic mass is 16.5. The summed E-state index contributed by atoms with van der Waals surface area (Å²) in [5.41, 5.74) is 3.48. The Kier molecular flexibility index (Phi) is 5.45. The molecule has 3 aromatic carbocycles. The lowest BCUT2D eigenvalue weighted by Gasteiger charge is -2.15. The van der Waals surface area contributed by atoms with Gasteiger partial charge in [-0.3, -0.25) is 0 Å². The number of benzene rings is 3. The molecule has 0 aliphatic heterocycles. The molecule has 4 aromatic rings. The Hall–Kier alpha value is -4.10. The number of carboxylic acids is 1. The molecular weight excluding hydrogens is 374 g/mol. The van der Waals surface area contributed by atoms with Gasteiger partial charge in [-0.1, -0.05) is 78.7 Å². The monoisotopic (exact) mass is 393 g/mol. The zero-order valence-electron chi connectivity index (χ0n) is 16.2. The van der Waals surface area contributed by atoms with Crippen LogP contribution < -0.4 is 4.74 Å². The van der Waals surface area contributed by atoms with E-state index >= 15 is 0 Å². The van der Waals surface area contributed by atoms with Crippen molar-refractivity contribution in [3.05, 3.63) is 107 Å². The summed E-state index contributed by atoms with van der Waals surface area (Å²) in [6.45, 7) is 0.356. The second kappa shape index (κ2) is 8.50.